The molecule has 2 aromatic rings. The zero-order valence-corrected chi connectivity index (χ0v) is 15.2. The van der Waals surface area contributed by atoms with Crippen LogP contribution in [0.25, 0.3) is 0 Å². The molecule has 0 fully saturated rings. The summed E-state index contributed by atoms with van der Waals surface area (Å²) in [6.07, 6.45) is 0. The summed E-state index contributed by atoms with van der Waals surface area (Å²) in [5.41, 5.74) is 1.76. The van der Waals surface area contributed by atoms with E-state index in [-0.39, 0.29) is 16.4 Å². The number of benzene rings is 1. The smallest absolute Gasteiger partial charge is 0.324 e. The molecule has 2 rings (SSSR count). The van der Waals surface area contributed by atoms with Crippen LogP contribution in [0.4, 0.5) is 5.00 Å². The molecule has 0 atom stereocenters. The Hall–Kier alpha value is -1.85. The molecule has 2 N–H and O–H groups in total. The fraction of sp³-hybridized carbons (Fsp3) is 0.333. The number of hydrogen-bond acceptors (Lipinski definition) is 7. The van der Waals surface area contributed by atoms with Gasteiger partial charge in [-0.15, -0.1) is 0 Å². The first kappa shape index (κ1) is 19.5. The fourth-order valence-corrected chi connectivity index (χ4v) is 3.79. The summed E-state index contributed by atoms with van der Waals surface area (Å²) >= 11 is 1.09. The van der Waals surface area contributed by atoms with Gasteiger partial charge in [0.1, 0.15) is 0 Å². The van der Waals surface area contributed by atoms with Crippen molar-refractivity contribution in [1.82, 2.24) is 10.0 Å². The largest absolute Gasteiger partial charge is 0.383 e. The maximum Gasteiger partial charge on any atom is 0.324 e. The Morgan fingerprint density at radius 2 is 1.88 bits per heavy atom. The fourth-order valence-electron chi connectivity index (χ4n) is 2.05. The summed E-state index contributed by atoms with van der Waals surface area (Å²) in [5.74, 6) is 0. The molecule has 8 nitrogen and oxygen atoms in total. The van der Waals surface area contributed by atoms with Gasteiger partial charge in [0.15, 0.2) is 0 Å². The quantitative estimate of drug-likeness (QED) is 0.367. The topological polar surface area (TPSA) is 111 Å². The van der Waals surface area contributed by atoms with Crippen molar-refractivity contribution in [3.63, 3.8) is 0 Å². The number of hydrogen-bond donors (Lipinski definition) is 2. The molecule has 10 heteroatoms. The average Bonchev–Trinajstić information content (AvgIpc) is 3.05. The molecule has 136 valence electrons. The van der Waals surface area contributed by atoms with Crippen molar-refractivity contribution < 1.29 is 18.1 Å². The van der Waals surface area contributed by atoms with E-state index < -0.39 is 14.9 Å². The minimum absolute atomic E-state index is 0.118. The molecule has 25 heavy (non-hydrogen) atoms. The second-order valence-electron chi connectivity index (χ2n) is 5.19. The Morgan fingerprint density at radius 1 is 1.20 bits per heavy atom. The van der Waals surface area contributed by atoms with E-state index in [1.165, 1.54) is 7.11 Å². The lowest BCUT2D eigenvalue weighted by Gasteiger charge is -2.08. The van der Waals surface area contributed by atoms with Crippen LogP contribution in [0.15, 0.2) is 40.6 Å². The van der Waals surface area contributed by atoms with E-state index in [9.17, 15) is 18.5 Å². The number of sulfonamides is 1. The summed E-state index contributed by atoms with van der Waals surface area (Å²) in [4.78, 5) is 10.4. The van der Waals surface area contributed by atoms with Gasteiger partial charge in [0.05, 0.1) is 16.4 Å². The Bertz CT molecular complexity index is 803. The van der Waals surface area contributed by atoms with Gasteiger partial charge < -0.3 is 10.1 Å². The maximum absolute atomic E-state index is 12.0. The molecule has 0 saturated carbocycles. The van der Waals surface area contributed by atoms with Crippen LogP contribution >= 0.6 is 11.3 Å². The summed E-state index contributed by atoms with van der Waals surface area (Å²) in [6, 6.07) is 8.09. The standard InChI is InChI=1S/C15H19N3O5S2/c1-23-7-6-17-25(21,22)14-4-2-12(3-5-14)9-16-10-13-8-15(18(19)20)24-11-13/h2-5,8,11,16-17H,6-7,9-10H2,1H3. The van der Waals surface area contributed by atoms with Crippen LogP contribution in [0.3, 0.4) is 0 Å². The van der Waals surface area contributed by atoms with Gasteiger partial charge in [0.2, 0.25) is 10.0 Å². The first-order valence-corrected chi connectivity index (χ1v) is 9.79. The first-order chi connectivity index (χ1) is 11.9. The van der Waals surface area contributed by atoms with Crippen molar-refractivity contribution in [2.45, 2.75) is 18.0 Å². The second-order valence-corrected chi connectivity index (χ2v) is 7.85. The predicted molar refractivity (Wildman–Crippen MR) is 95.0 cm³/mol. The lowest BCUT2D eigenvalue weighted by molar-refractivity contribution is -0.380. The molecule has 1 aromatic heterocycles. The van der Waals surface area contributed by atoms with Crippen molar-refractivity contribution in [3.8, 4) is 0 Å². The van der Waals surface area contributed by atoms with E-state index in [0.29, 0.717) is 19.7 Å². The molecular formula is C15H19N3O5S2. The lowest BCUT2D eigenvalue weighted by Crippen LogP contribution is -2.27. The van der Waals surface area contributed by atoms with E-state index in [2.05, 4.69) is 10.0 Å². The third-order valence-electron chi connectivity index (χ3n) is 3.31. The normalized spacial score (nSPS) is 11.6. The Balaban J connectivity index is 1.86. The van der Waals surface area contributed by atoms with Gasteiger partial charge >= 0.3 is 5.00 Å². The molecule has 0 aliphatic rings. The highest BCUT2D eigenvalue weighted by atomic mass is 32.2. The Kier molecular flexibility index (Phi) is 7.02. The molecule has 1 aromatic carbocycles. The van der Waals surface area contributed by atoms with E-state index in [4.69, 9.17) is 4.74 Å². The van der Waals surface area contributed by atoms with Gasteiger partial charge in [0, 0.05) is 38.2 Å². The number of thiophene rings is 1. The molecule has 1 heterocycles. The molecule has 0 unspecified atom stereocenters. The van der Waals surface area contributed by atoms with Crippen molar-refractivity contribution in [2.24, 2.45) is 0 Å². The van der Waals surface area contributed by atoms with Crippen molar-refractivity contribution >= 4 is 26.4 Å². The second kappa shape index (κ2) is 9.02. The van der Waals surface area contributed by atoms with E-state index in [1.54, 1.807) is 35.7 Å². The third-order valence-corrected chi connectivity index (χ3v) is 5.72. The Labute approximate surface area is 150 Å². The van der Waals surface area contributed by atoms with Gasteiger partial charge in [0.25, 0.3) is 0 Å². The molecule has 0 amide bonds. The third kappa shape index (κ3) is 5.87. The van der Waals surface area contributed by atoms with Crippen LogP contribution in [-0.2, 0) is 27.8 Å². The van der Waals surface area contributed by atoms with Crippen molar-refractivity contribution in [1.29, 1.82) is 0 Å². The van der Waals surface area contributed by atoms with Crippen LogP contribution in [0.5, 0.6) is 0 Å². The highest BCUT2D eigenvalue weighted by Crippen LogP contribution is 2.22. The lowest BCUT2D eigenvalue weighted by atomic mass is 10.2. The number of nitro groups is 1. The average molecular weight is 385 g/mol. The van der Waals surface area contributed by atoms with Crippen LogP contribution in [0.1, 0.15) is 11.1 Å². The van der Waals surface area contributed by atoms with Gasteiger partial charge in [-0.1, -0.05) is 23.5 Å². The number of ether oxygens (including phenoxy) is 1. The molecule has 0 aliphatic heterocycles. The van der Waals surface area contributed by atoms with Gasteiger partial charge in [-0.25, -0.2) is 13.1 Å². The highest BCUT2D eigenvalue weighted by Gasteiger charge is 2.13. The Morgan fingerprint density at radius 3 is 2.48 bits per heavy atom. The van der Waals surface area contributed by atoms with Crippen LogP contribution in [0.2, 0.25) is 0 Å². The SMILES string of the molecule is COCCNS(=O)(=O)c1ccc(CNCc2csc([N+](=O)[O-])c2)cc1. The summed E-state index contributed by atoms with van der Waals surface area (Å²) in [7, 11) is -2.03. The van der Waals surface area contributed by atoms with E-state index in [1.807, 2.05) is 0 Å². The minimum atomic E-state index is -3.53. The first-order valence-electron chi connectivity index (χ1n) is 7.42. The van der Waals surface area contributed by atoms with Gasteiger partial charge in [-0.3, -0.25) is 10.1 Å². The maximum atomic E-state index is 12.0. The van der Waals surface area contributed by atoms with E-state index >= 15 is 0 Å². The summed E-state index contributed by atoms with van der Waals surface area (Å²) < 4.78 is 31.3. The molecule has 0 spiro atoms. The number of nitrogens with one attached hydrogen (secondary N) is 2. The predicted octanol–water partition coefficient (Wildman–Crippen LogP) is 1.87. The number of nitrogens with zero attached hydrogens (tertiary/aromatic N) is 1. The van der Waals surface area contributed by atoms with Crippen LogP contribution < -0.4 is 10.0 Å². The van der Waals surface area contributed by atoms with Crippen LogP contribution in [0, 0.1) is 10.1 Å². The number of rotatable bonds is 10. The van der Waals surface area contributed by atoms with Gasteiger partial charge in [-0.05, 0) is 23.3 Å². The summed E-state index contributed by atoms with van der Waals surface area (Å²) in [5, 5.41) is 15.7. The zero-order valence-electron chi connectivity index (χ0n) is 13.6. The molecule has 0 radical (unpaired) electrons. The highest BCUT2D eigenvalue weighted by molar-refractivity contribution is 7.89. The zero-order chi connectivity index (χ0) is 18.3. The van der Waals surface area contributed by atoms with Crippen molar-refractivity contribution in [3.05, 3.63) is 57.0 Å². The van der Waals surface area contributed by atoms with E-state index in [0.717, 1.165) is 22.5 Å². The molecular weight excluding hydrogens is 366 g/mol. The minimum Gasteiger partial charge on any atom is -0.383 e. The monoisotopic (exact) mass is 385 g/mol. The molecule has 0 saturated heterocycles. The van der Waals surface area contributed by atoms with Crippen molar-refractivity contribution in [2.75, 3.05) is 20.3 Å². The summed E-state index contributed by atoms with van der Waals surface area (Å²) in [6.45, 7) is 1.56. The van der Waals surface area contributed by atoms with Crippen LogP contribution in [-0.4, -0.2) is 33.6 Å². The van der Waals surface area contributed by atoms with Gasteiger partial charge in [-0.2, -0.15) is 0 Å². The molecule has 0 aliphatic carbocycles. The number of methoxy groups -OCH3 is 1. The molecule has 0 bridgehead atoms.